The van der Waals surface area contributed by atoms with Gasteiger partial charge in [0.25, 0.3) is 16.8 Å². The van der Waals surface area contributed by atoms with Crippen LogP contribution in [-0.4, -0.2) is 64.5 Å². The molecule has 2 aromatic rings. The average Bonchev–Trinajstić information content (AvgIpc) is 3.50. The summed E-state index contributed by atoms with van der Waals surface area (Å²) in [7, 11) is 1.36. The van der Waals surface area contributed by atoms with E-state index in [-0.39, 0.29) is 40.1 Å². The predicted molar refractivity (Wildman–Crippen MR) is 130 cm³/mol. The molecule has 0 aromatic heterocycles. The van der Waals surface area contributed by atoms with Crippen LogP contribution in [0.15, 0.2) is 47.4 Å². The molecule has 4 rings (SSSR count). The number of carbonyl (C=O) groups excluding carboxylic acids is 4. The molecule has 0 atom stereocenters. The SMILES string of the molecule is COc1cc(/C=C2\SC(=O)N(CC(=O)N3CCCC3)C2=O)ccc1OC(=O)c1cccc([N+](=O)[O-])c1. The average molecular weight is 512 g/mol. The molecule has 0 aliphatic carbocycles. The number of carbonyl (C=O) groups is 4. The van der Waals surface area contributed by atoms with Gasteiger partial charge in [0.05, 0.1) is 22.5 Å². The molecule has 2 saturated heterocycles. The molecule has 2 fully saturated rings. The number of ether oxygens (including phenoxy) is 2. The fourth-order valence-electron chi connectivity index (χ4n) is 3.75. The molecule has 0 bridgehead atoms. The molecule has 2 aliphatic heterocycles. The lowest BCUT2D eigenvalue weighted by Crippen LogP contribution is -2.40. The number of thioether (sulfide) groups is 1. The van der Waals surface area contributed by atoms with Crippen LogP contribution in [0, 0.1) is 10.1 Å². The monoisotopic (exact) mass is 511 g/mol. The number of methoxy groups -OCH3 is 1. The molecule has 0 unspecified atom stereocenters. The summed E-state index contributed by atoms with van der Waals surface area (Å²) in [6.07, 6.45) is 3.30. The van der Waals surface area contributed by atoms with Crippen LogP contribution in [0.2, 0.25) is 0 Å². The van der Waals surface area contributed by atoms with Crippen molar-refractivity contribution in [1.82, 2.24) is 9.80 Å². The van der Waals surface area contributed by atoms with E-state index in [0.717, 1.165) is 35.6 Å². The number of likely N-dealkylation sites (tertiary alicyclic amines) is 1. The van der Waals surface area contributed by atoms with Crippen LogP contribution in [-0.2, 0) is 9.59 Å². The fraction of sp³-hybridized carbons (Fsp3) is 0.250. The number of esters is 1. The van der Waals surface area contributed by atoms with Crippen molar-refractivity contribution < 1.29 is 33.6 Å². The van der Waals surface area contributed by atoms with Gasteiger partial charge < -0.3 is 14.4 Å². The third-order valence-electron chi connectivity index (χ3n) is 5.61. The van der Waals surface area contributed by atoms with E-state index >= 15 is 0 Å². The van der Waals surface area contributed by atoms with Crippen molar-refractivity contribution in [2.24, 2.45) is 0 Å². The van der Waals surface area contributed by atoms with Crippen molar-refractivity contribution >= 4 is 46.5 Å². The molecule has 12 heteroatoms. The second kappa shape index (κ2) is 10.6. The van der Waals surface area contributed by atoms with Crippen LogP contribution in [0.5, 0.6) is 11.5 Å². The molecule has 0 spiro atoms. The van der Waals surface area contributed by atoms with E-state index in [1.54, 1.807) is 11.0 Å². The standard InChI is InChI=1S/C24H21N3O8S/c1-34-19-11-15(7-8-18(19)35-23(30)16-5-4-6-17(13-16)27(32)33)12-20-22(29)26(24(31)36-20)14-21(28)25-9-2-3-10-25/h4-8,11-13H,2-3,9-10,14H2,1H3/b20-12-. The van der Waals surface area contributed by atoms with E-state index in [2.05, 4.69) is 0 Å². The second-order valence-corrected chi connectivity index (χ2v) is 8.96. The highest BCUT2D eigenvalue weighted by Gasteiger charge is 2.37. The molecule has 0 radical (unpaired) electrons. The molecular formula is C24H21N3O8S. The van der Waals surface area contributed by atoms with Crippen LogP contribution in [0.3, 0.4) is 0 Å². The van der Waals surface area contributed by atoms with Gasteiger partial charge in [0.15, 0.2) is 11.5 Å². The Labute approximate surface area is 209 Å². The zero-order valence-electron chi connectivity index (χ0n) is 19.2. The number of amides is 3. The topological polar surface area (TPSA) is 136 Å². The Balaban J connectivity index is 1.48. The maximum atomic E-state index is 12.8. The van der Waals surface area contributed by atoms with Crippen molar-refractivity contribution in [3.63, 3.8) is 0 Å². The Bertz CT molecular complexity index is 1290. The summed E-state index contributed by atoms with van der Waals surface area (Å²) in [4.78, 5) is 63.1. The van der Waals surface area contributed by atoms with E-state index in [1.165, 1.54) is 43.5 Å². The first kappa shape index (κ1) is 24.9. The maximum Gasteiger partial charge on any atom is 0.343 e. The van der Waals surface area contributed by atoms with Crippen LogP contribution in [0.25, 0.3) is 6.08 Å². The van der Waals surface area contributed by atoms with Gasteiger partial charge in [-0.1, -0.05) is 12.1 Å². The second-order valence-electron chi connectivity index (χ2n) is 7.96. The normalized spacial score (nSPS) is 16.5. The number of nitro groups is 1. The van der Waals surface area contributed by atoms with E-state index in [0.29, 0.717) is 18.7 Å². The molecule has 11 nitrogen and oxygen atoms in total. The predicted octanol–water partition coefficient (Wildman–Crippen LogP) is 3.48. The highest BCUT2D eigenvalue weighted by Crippen LogP contribution is 2.35. The number of imide groups is 1. The lowest BCUT2D eigenvalue weighted by molar-refractivity contribution is -0.384. The number of hydrogen-bond donors (Lipinski definition) is 0. The molecule has 0 N–H and O–H groups in total. The van der Waals surface area contributed by atoms with E-state index in [1.807, 2.05) is 0 Å². The van der Waals surface area contributed by atoms with Crippen molar-refractivity contribution in [2.75, 3.05) is 26.7 Å². The third-order valence-corrected chi connectivity index (χ3v) is 6.51. The number of rotatable bonds is 7. The number of nitrogens with zero attached hydrogens (tertiary/aromatic N) is 3. The first-order chi connectivity index (χ1) is 17.3. The van der Waals surface area contributed by atoms with Gasteiger partial charge in [-0.3, -0.25) is 29.4 Å². The van der Waals surface area contributed by atoms with Gasteiger partial charge >= 0.3 is 5.97 Å². The van der Waals surface area contributed by atoms with Gasteiger partial charge in [0, 0.05) is 25.2 Å². The largest absolute Gasteiger partial charge is 0.493 e. The van der Waals surface area contributed by atoms with Gasteiger partial charge in [-0.2, -0.15) is 0 Å². The molecule has 0 saturated carbocycles. The first-order valence-corrected chi connectivity index (χ1v) is 11.8. The summed E-state index contributed by atoms with van der Waals surface area (Å²) in [5.74, 6) is -1.39. The summed E-state index contributed by atoms with van der Waals surface area (Å²) in [6.45, 7) is 0.962. The molecule has 2 heterocycles. The Morgan fingerprint density at radius 1 is 1.11 bits per heavy atom. The number of hydrogen-bond acceptors (Lipinski definition) is 9. The molecular weight excluding hydrogens is 490 g/mol. The van der Waals surface area contributed by atoms with Crippen molar-refractivity contribution in [3.8, 4) is 11.5 Å². The van der Waals surface area contributed by atoms with Gasteiger partial charge in [-0.15, -0.1) is 0 Å². The zero-order chi connectivity index (χ0) is 25.8. The highest BCUT2D eigenvalue weighted by molar-refractivity contribution is 8.18. The number of benzene rings is 2. The summed E-state index contributed by atoms with van der Waals surface area (Å²) in [5.41, 5.74) is 0.244. The molecule has 2 aliphatic rings. The summed E-state index contributed by atoms with van der Waals surface area (Å²) >= 11 is 0.737. The summed E-state index contributed by atoms with van der Waals surface area (Å²) < 4.78 is 10.6. The summed E-state index contributed by atoms with van der Waals surface area (Å²) in [6, 6.07) is 9.65. The first-order valence-electron chi connectivity index (χ1n) is 10.9. The smallest absolute Gasteiger partial charge is 0.343 e. The quantitative estimate of drug-likeness (QED) is 0.180. The van der Waals surface area contributed by atoms with Crippen LogP contribution in [0.4, 0.5) is 10.5 Å². The minimum atomic E-state index is -0.812. The molecule has 36 heavy (non-hydrogen) atoms. The number of non-ortho nitro benzene ring substituents is 1. The van der Waals surface area contributed by atoms with Crippen LogP contribution >= 0.6 is 11.8 Å². The molecule has 2 aromatic carbocycles. The minimum absolute atomic E-state index is 0.00696. The number of nitro benzene ring substituents is 1. The van der Waals surface area contributed by atoms with Crippen molar-refractivity contribution in [1.29, 1.82) is 0 Å². The van der Waals surface area contributed by atoms with E-state index in [4.69, 9.17) is 9.47 Å². The molecule has 186 valence electrons. The zero-order valence-corrected chi connectivity index (χ0v) is 20.0. The van der Waals surface area contributed by atoms with Crippen molar-refractivity contribution in [3.05, 3.63) is 68.6 Å². The maximum absolute atomic E-state index is 12.8. The third kappa shape index (κ3) is 5.38. The molecule has 3 amide bonds. The Morgan fingerprint density at radius 2 is 1.86 bits per heavy atom. The Kier molecular flexibility index (Phi) is 7.34. The van der Waals surface area contributed by atoms with E-state index in [9.17, 15) is 29.3 Å². The van der Waals surface area contributed by atoms with Gasteiger partial charge in [-0.25, -0.2) is 4.79 Å². The van der Waals surface area contributed by atoms with E-state index < -0.39 is 22.0 Å². The Hall–Kier alpha value is -4.19. The lowest BCUT2D eigenvalue weighted by Gasteiger charge is -2.18. The van der Waals surface area contributed by atoms with Crippen LogP contribution < -0.4 is 9.47 Å². The Morgan fingerprint density at radius 3 is 2.56 bits per heavy atom. The van der Waals surface area contributed by atoms with Gasteiger partial charge in [0.1, 0.15) is 6.54 Å². The minimum Gasteiger partial charge on any atom is -0.493 e. The van der Waals surface area contributed by atoms with Gasteiger partial charge in [-0.05, 0) is 54.4 Å². The van der Waals surface area contributed by atoms with Crippen LogP contribution in [0.1, 0.15) is 28.8 Å². The van der Waals surface area contributed by atoms with Crippen molar-refractivity contribution in [2.45, 2.75) is 12.8 Å². The highest BCUT2D eigenvalue weighted by atomic mass is 32.2. The van der Waals surface area contributed by atoms with Gasteiger partial charge in [0.2, 0.25) is 5.91 Å². The fourth-order valence-corrected chi connectivity index (χ4v) is 4.59. The summed E-state index contributed by atoms with van der Waals surface area (Å²) in [5, 5.41) is 10.4. The lowest BCUT2D eigenvalue weighted by atomic mass is 10.1.